The van der Waals surface area contributed by atoms with E-state index in [1.54, 1.807) is 0 Å². The molecule has 6 nitrogen and oxygen atoms in total. The van der Waals surface area contributed by atoms with Gasteiger partial charge in [0.2, 0.25) is 0 Å². The Balaban J connectivity index is 1.54. The van der Waals surface area contributed by atoms with Crippen LogP contribution >= 0.6 is 0 Å². The van der Waals surface area contributed by atoms with Crippen molar-refractivity contribution >= 4 is 5.96 Å². The van der Waals surface area contributed by atoms with Crippen LogP contribution in [-0.2, 0) is 6.54 Å². The van der Waals surface area contributed by atoms with Crippen LogP contribution in [0.5, 0.6) is 0 Å². The smallest absolute Gasteiger partial charge is 0.191 e. The summed E-state index contributed by atoms with van der Waals surface area (Å²) in [5, 5.41) is 11.4. The van der Waals surface area contributed by atoms with Crippen molar-refractivity contribution in [1.29, 1.82) is 0 Å². The molecule has 2 aromatic rings. The van der Waals surface area contributed by atoms with Gasteiger partial charge in [0.1, 0.15) is 0 Å². The van der Waals surface area contributed by atoms with Crippen molar-refractivity contribution in [2.24, 2.45) is 10.9 Å². The van der Waals surface area contributed by atoms with E-state index in [2.05, 4.69) is 46.4 Å². The van der Waals surface area contributed by atoms with Crippen LogP contribution in [0.1, 0.15) is 26.3 Å². The normalized spacial score (nSPS) is 21.3. The van der Waals surface area contributed by atoms with Crippen LogP contribution < -0.4 is 10.6 Å². The van der Waals surface area contributed by atoms with Crippen LogP contribution in [0.4, 0.5) is 0 Å². The average Bonchev–Trinajstić information content (AvgIpc) is 3.26. The topological polar surface area (TPSA) is 57.5 Å². The summed E-state index contributed by atoms with van der Waals surface area (Å²) in [7, 11) is 1.82. The molecule has 1 aliphatic rings. The van der Waals surface area contributed by atoms with E-state index in [1.165, 1.54) is 0 Å². The molecule has 2 N–H and O–H groups in total. The fourth-order valence-electron chi connectivity index (χ4n) is 3.34. The minimum Gasteiger partial charge on any atom is -0.352 e. The minimum atomic E-state index is 0.427. The third-order valence-corrected chi connectivity index (χ3v) is 5.03. The van der Waals surface area contributed by atoms with Crippen molar-refractivity contribution in [2.45, 2.75) is 39.4 Å². The van der Waals surface area contributed by atoms with E-state index in [4.69, 9.17) is 0 Å². The third-order valence-electron chi connectivity index (χ3n) is 5.03. The molecule has 3 rings (SSSR count). The summed E-state index contributed by atoms with van der Waals surface area (Å²) in [5.74, 6) is 1.46. The molecule has 0 aliphatic carbocycles. The second kappa shape index (κ2) is 8.36. The van der Waals surface area contributed by atoms with Crippen LogP contribution in [0.2, 0.25) is 0 Å². The van der Waals surface area contributed by atoms with E-state index in [0.29, 0.717) is 24.5 Å². The highest BCUT2D eigenvalue weighted by Gasteiger charge is 2.31. The van der Waals surface area contributed by atoms with Gasteiger partial charge in [-0.3, -0.25) is 9.89 Å². The maximum Gasteiger partial charge on any atom is 0.191 e. The Labute approximate surface area is 156 Å². The van der Waals surface area contributed by atoms with Crippen molar-refractivity contribution in [3.05, 3.63) is 48.3 Å². The van der Waals surface area contributed by atoms with Crippen molar-refractivity contribution in [3.8, 4) is 5.69 Å². The summed E-state index contributed by atoms with van der Waals surface area (Å²) in [6.45, 7) is 9.71. The van der Waals surface area contributed by atoms with Crippen LogP contribution in [0, 0.1) is 5.92 Å². The lowest BCUT2D eigenvalue weighted by Crippen LogP contribution is -2.46. The molecule has 6 heteroatoms. The van der Waals surface area contributed by atoms with Gasteiger partial charge in [0, 0.05) is 50.5 Å². The van der Waals surface area contributed by atoms with Gasteiger partial charge in [-0.1, -0.05) is 25.1 Å². The molecule has 26 heavy (non-hydrogen) atoms. The number of aromatic nitrogens is 2. The van der Waals surface area contributed by atoms with Crippen LogP contribution in [-0.4, -0.2) is 52.9 Å². The monoisotopic (exact) mass is 354 g/mol. The summed E-state index contributed by atoms with van der Waals surface area (Å²) in [6, 6.07) is 11.2. The van der Waals surface area contributed by atoms with Crippen LogP contribution in [0.25, 0.3) is 5.69 Å². The van der Waals surface area contributed by atoms with E-state index >= 15 is 0 Å². The molecule has 1 aromatic carbocycles. The van der Waals surface area contributed by atoms with Crippen LogP contribution in [0.15, 0.2) is 47.7 Å². The van der Waals surface area contributed by atoms with E-state index in [1.807, 2.05) is 54.5 Å². The van der Waals surface area contributed by atoms with Gasteiger partial charge in [0.25, 0.3) is 0 Å². The molecule has 2 atom stereocenters. The lowest BCUT2D eigenvalue weighted by atomic mass is 10.1. The van der Waals surface area contributed by atoms with E-state index in [-0.39, 0.29) is 0 Å². The maximum absolute atomic E-state index is 4.44. The highest BCUT2D eigenvalue weighted by Crippen LogP contribution is 2.18. The number of rotatable bonds is 5. The van der Waals surface area contributed by atoms with Crippen molar-refractivity contribution in [3.63, 3.8) is 0 Å². The quantitative estimate of drug-likeness (QED) is 0.639. The Kier molecular flexibility index (Phi) is 5.93. The first-order chi connectivity index (χ1) is 12.6. The molecule has 0 spiro atoms. The number of likely N-dealkylation sites (tertiary alicyclic amines) is 1. The Morgan fingerprint density at radius 1 is 1.27 bits per heavy atom. The maximum atomic E-state index is 4.44. The van der Waals surface area contributed by atoms with Gasteiger partial charge in [0.05, 0.1) is 11.9 Å². The Morgan fingerprint density at radius 3 is 2.69 bits per heavy atom. The molecule has 0 amide bonds. The van der Waals surface area contributed by atoms with Crippen LogP contribution in [0.3, 0.4) is 0 Å². The van der Waals surface area contributed by atoms with Crippen molar-refractivity contribution in [1.82, 2.24) is 25.3 Å². The molecular weight excluding hydrogens is 324 g/mol. The molecule has 1 fully saturated rings. The predicted molar refractivity (Wildman–Crippen MR) is 107 cm³/mol. The van der Waals surface area contributed by atoms with Gasteiger partial charge >= 0.3 is 0 Å². The number of aliphatic imine (C=N–C) groups is 1. The summed E-state index contributed by atoms with van der Waals surface area (Å²) >= 11 is 0. The molecule has 140 valence electrons. The Morgan fingerprint density at radius 2 is 2.04 bits per heavy atom. The number of hydrogen-bond acceptors (Lipinski definition) is 3. The number of nitrogens with one attached hydrogen (secondary N) is 2. The fraction of sp³-hybridized carbons (Fsp3) is 0.500. The molecule has 1 aliphatic heterocycles. The van der Waals surface area contributed by atoms with Gasteiger partial charge < -0.3 is 10.6 Å². The summed E-state index contributed by atoms with van der Waals surface area (Å²) < 4.78 is 1.90. The summed E-state index contributed by atoms with van der Waals surface area (Å²) in [4.78, 5) is 6.90. The second-order valence-electron chi connectivity index (χ2n) is 7.33. The largest absolute Gasteiger partial charge is 0.352 e. The molecule has 0 radical (unpaired) electrons. The fourth-order valence-corrected chi connectivity index (χ4v) is 3.34. The number of para-hydroxylation sites is 1. The molecule has 1 aromatic heterocycles. The van der Waals surface area contributed by atoms with Gasteiger partial charge in [-0.15, -0.1) is 0 Å². The number of benzene rings is 1. The summed E-state index contributed by atoms with van der Waals surface area (Å²) in [6.07, 6.45) is 3.94. The molecule has 2 heterocycles. The van der Waals surface area contributed by atoms with Gasteiger partial charge in [-0.25, -0.2) is 4.68 Å². The first kappa shape index (κ1) is 18.5. The second-order valence-corrected chi connectivity index (χ2v) is 7.33. The third kappa shape index (κ3) is 4.43. The zero-order valence-corrected chi connectivity index (χ0v) is 16.2. The van der Waals surface area contributed by atoms with Gasteiger partial charge in [-0.2, -0.15) is 5.10 Å². The highest BCUT2D eigenvalue weighted by atomic mass is 15.3. The van der Waals surface area contributed by atoms with Crippen molar-refractivity contribution in [2.75, 3.05) is 20.1 Å². The molecule has 2 unspecified atom stereocenters. The number of nitrogens with zero attached hydrogens (tertiary/aromatic N) is 4. The lowest BCUT2D eigenvalue weighted by molar-refractivity contribution is 0.265. The SMILES string of the molecule is CN=C(NCc1cnn(-c2ccccc2)c1)NC1CN(C(C)C)CC1C. The number of hydrogen-bond donors (Lipinski definition) is 2. The standard InChI is InChI=1S/C20H30N6/c1-15(2)25-12-16(3)19(14-25)24-20(21-4)22-10-17-11-23-26(13-17)18-8-6-5-7-9-18/h5-9,11,13,15-16,19H,10,12,14H2,1-4H3,(H2,21,22,24). The minimum absolute atomic E-state index is 0.427. The van der Waals surface area contributed by atoms with Crippen molar-refractivity contribution < 1.29 is 0 Å². The zero-order chi connectivity index (χ0) is 18.5. The molecule has 0 saturated carbocycles. The highest BCUT2D eigenvalue weighted by molar-refractivity contribution is 5.80. The molecule has 1 saturated heterocycles. The van der Waals surface area contributed by atoms with Gasteiger partial charge in [-0.05, 0) is 31.9 Å². The van der Waals surface area contributed by atoms with E-state index in [9.17, 15) is 0 Å². The molecule has 0 bridgehead atoms. The zero-order valence-electron chi connectivity index (χ0n) is 16.2. The first-order valence-corrected chi connectivity index (χ1v) is 9.37. The molecular formula is C20H30N6. The van der Waals surface area contributed by atoms with Gasteiger partial charge in [0.15, 0.2) is 5.96 Å². The summed E-state index contributed by atoms with van der Waals surface area (Å²) in [5.41, 5.74) is 2.19. The predicted octanol–water partition coefficient (Wildman–Crippen LogP) is 2.27. The van der Waals surface area contributed by atoms with E-state index < -0.39 is 0 Å². The Bertz CT molecular complexity index is 721. The van der Waals surface area contributed by atoms with E-state index in [0.717, 1.165) is 30.3 Å². The first-order valence-electron chi connectivity index (χ1n) is 9.37. The number of guanidine groups is 1. The lowest BCUT2D eigenvalue weighted by Gasteiger charge is -2.21. The Hall–Kier alpha value is -2.34. The average molecular weight is 355 g/mol.